The summed E-state index contributed by atoms with van der Waals surface area (Å²) in [7, 11) is 1.63. The lowest BCUT2D eigenvalue weighted by molar-refractivity contribution is 0.414. The first-order chi connectivity index (χ1) is 10.2. The maximum absolute atomic E-state index is 12.5. The molecule has 1 heterocycles. The van der Waals surface area contributed by atoms with Gasteiger partial charge in [0.1, 0.15) is 5.75 Å². The minimum Gasteiger partial charge on any atom is -0.497 e. The van der Waals surface area contributed by atoms with E-state index in [9.17, 15) is 4.79 Å². The van der Waals surface area contributed by atoms with E-state index in [2.05, 4.69) is 21.0 Å². The number of rotatable bonds is 3. The molecule has 21 heavy (non-hydrogen) atoms. The van der Waals surface area contributed by atoms with Crippen LogP contribution in [0, 0.1) is 0 Å². The van der Waals surface area contributed by atoms with Crippen LogP contribution in [0.4, 0.5) is 0 Å². The van der Waals surface area contributed by atoms with E-state index in [0.29, 0.717) is 11.9 Å². The Balaban J connectivity index is 2.01. The Hall–Kier alpha value is -2.14. The highest BCUT2D eigenvalue weighted by Gasteiger charge is 2.07. The summed E-state index contributed by atoms with van der Waals surface area (Å²) in [5.74, 6) is 0.793. The molecule has 0 radical (unpaired) electrons. The summed E-state index contributed by atoms with van der Waals surface area (Å²) in [5.41, 5.74) is 0.907. The largest absolute Gasteiger partial charge is 0.497 e. The summed E-state index contributed by atoms with van der Waals surface area (Å²) >= 11 is 3.44. The van der Waals surface area contributed by atoms with E-state index < -0.39 is 0 Å². The topological polar surface area (TPSA) is 44.1 Å². The number of hydrogen-bond acceptors (Lipinski definition) is 3. The third-order valence-electron chi connectivity index (χ3n) is 3.34. The van der Waals surface area contributed by atoms with Gasteiger partial charge < -0.3 is 4.74 Å². The van der Waals surface area contributed by atoms with Gasteiger partial charge >= 0.3 is 0 Å². The summed E-state index contributed by atoms with van der Waals surface area (Å²) in [6, 6.07) is 13.2. The van der Waals surface area contributed by atoms with Crippen molar-refractivity contribution < 1.29 is 4.74 Å². The van der Waals surface area contributed by atoms with Gasteiger partial charge in [-0.15, -0.1) is 0 Å². The molecule has 0 fully saturated rings. The van der Waals surface area contributed by atoms with Crippen LogP contribution in [0.5, 0.6) is 5.75 Å². The molecule has 0 aliphatic carbocycles. The predicted molar refractivity (Wildman–Crippen MR) is 85.8 cm³/mol. The summed E-state index contributed by atoms with van der Waals surface area (Å²) in [4.78, 5) is 12.5. The van der Waals surface area contributed by atoms with Gasteiger partial charge in [0.2, 0.25) is 0 Å². The minimum atomic E-state index is -0.0929. The Morgan fingerprint density at radius 3 is 2.62 bits per heavy atom. The number of halogens is 1. The van der Waals surface area contributed by atoms with Crippen LogP contribution in [0.3, 0.4) is 0 Å². The predicted octanol–water partition coefficient (Wildman–Crippen LogP) is 3.22. The van der Waals surface area contributed by atoms with E-state index in [1.807, 2.05) is 42.5 Å². The van der Waals surface area contributed by atoms with Crippen LogP contribution >= 0.6 is 15.9 Å². The number of aromatic nitrogens is 2. The Kier molecular flexibility index (Phi) is 3.75. The van der Waals surface area contributed by atoms with Crippen molar-refractivity contribution in [2.24, 2.45) is 0 Å². The first-order valence-corrected chi connectivity index (χ1v) is 7.25. The van der Waals surface area contributed by atoms with Gasteiger partial charge in [-0.25, -0.2) is 4.68 Å². The van der Waals surface area contributed by atoms with Crippen molar-refractivity contribution in [2.45, 2.75) is 6.54 Å². The van der Waals surface area contributed by atoms with Crippen molar-refractivity contribution in [3.8, 4) is 5.75 Å². The summed E-state index contributed by atoms with van der Waals surface area (Å²) in [6.45, 7) is 0.436. The lowest BCUT2D eigenvalue weighted by atomic mass is 10.2. The van der Waals surface area contributed by atoms with Crippen molar-refractivity contribution >= 4 is 26.7 Å². The van der Waals surface area contributed by atoms with E-state index in [4.69, 9.17) is 4.74 Å². The lowest BCUT2D eigenvalue weighted by Gasteiger charge is -2.07. The minimum absolute atomic E-state index is 0.0929. The molecule has 0 N–H and O–H groups in total. The van der Waals surface area contributed by atoms with Gasteiger partial charge in [0.05, 0.1) is 25.2 Å². The maximum Gasteiger partial charge on any atom is 0.274 e. The first kappa shape index (κ1) is 13.8. The zero-order valence-electron chi connectivity index (χ0n) is 11.4. The van der Waals surface area contributed by atoms with Crippen molar-refractivity contribution in [1.29, 1.82) is 0 Å². The van der Waals surface area contributed by atoms with Crippen LogP contribution in [-0.2, 0) is 6.54 Å². The third-order valence-corrected chi connectivity index (χ3v) is 4.03. The average Bonchev–Trinajstić information content (AvgIpc) is 2.51. The van der Waals surface area contributed by atoms with Gasteiger partial charge in [0.25, 0.3) is 5.56 Å². The van der Waals surface area contributed by atoms with E-state index in [0.717, 1.165) is 21.2 Å². The van der Waals surface area contributed by atoms with Gasteiger partial charge in [-0.2, -0.15) is 5.10 Å². The Labute approximate surface area is 130 Å². The SMILES string of the molecule is COc1ccc(Cn2ncc3c(Br)cccc3c2=O)cc1. The number of ether oxygens (including phenoxy) is 1. The standard InChI is InChI=1S/C16H13BrN2O2/c1-21-12-7-5-11(6-8-12)10-19-16(20)13-3-2-4-15(17)14(13)9-18-19/h2-9H,10H2,1H3. The van der Waals surface area contributed by atoms with Crippen molar-refractivity contribution in [2.75, 3.05) is 7.11 Å². The van der Waals surface area contributed by atoms with Crippen LogP contribution in [0.25, 0.3) is 10.8 Å². The van der Waals surface area contributed by atoms with Crippen LogP contribution in [0.15, 0.2) is 57.9 Å². The molecule has 3 rings (SSSR count). The molecule has 5 heteroatoms. The fraction of sp³-hybridized carbons (Fsp3) is 0.125. The normalized spacial score (nSPS) is 10.8. The van der Waals surface area contributed by atoms with Crippen LogP contribution in [-0.4, -0.2) is 16.9 Å². The fourth-order valence-electron chi connectivity index (χ4n) is 2.19. The quantitative estimate of drug-likeness (QED) is 0.732. The average molecular weight is 345 g/mol. The molecule has 0 atom stereocenters. The zero-order chi connectivity index (χ0) is 14.8. The molecule has 0 unspecified atom stereocenters. The molecule has 0 spiro atoms. The van der Waals surface area contributed by atoms with E-state index in [1.165, 1.54) is 4.68 Å². The first-order valence-electron chi connectivity index (χ1n) is 6.46. The zero-order valence-corrected chi connectivity index (χ0v) is 13.0. The molecule has 3 aromatic rings. The highest BCUT2D eigenvalue weighted by Crippen LogP contribution is 2.20. The fourth-order valence-corrected chi connectivity index (χ4v) is 2.66. The monoisotopic (exact) mass is 344 g/mol. The molecule has 0 amide bonds. The molecular formula is C16H13BrN2O2. The Bertz CT molecular complexity index is 841. The summed E-state index contributed by atoms with van der Waals surface area (Å²) < 4.78 is 7.47. The highest BCUT2D eigenvalue weighted by atomic mass is 79.9. The number of methoxy groups -OCH3 is 1. The number of benzene rings is 2. The molecule has 106 valence electrons. The molecule has 1 aromatic heterocycles. The van der Waals surface area contributed by atoms with Crippen LogP contribution in [0.2, 0.25) is 0 Å². The van der Waals surface area contributed by atoms with Crippen molar-refractivity contribution in [1.82, 2.24) is 9.78 Å². The van der Waals surface area contributed by atoms with E-state index in [1.54, 1.807) is 13.3 Å². The second-order valence-corrected chi connectivity index (χ2v) is 5.51. The molecule has 4 nitrogen and oxygen atoms in total. The second kappa shape index (κ2) is 5.69. The molecule has 2 aromatic carbocycles. The summed E-state index contributed by atoms with van der Waals surface area (Å²) in [6.07, 6.45) is 1.71. The third kappa shape index (κ3) is 2.69. The molecule has 0 bridgehead atoms. The van der Waals surface area contributed by atoms with Gasteiger partial charge in [-0.3, -0.25) is 4.79 Å². The number of hydrogen-bond donors (Lipinski definition) is 0. The molecule has 0 saturated heterocycles. The van der Waals surface area contributed by atoms with E-state index >= 15 is 0 Å². The second-order valence-electron chi connectivity index (χ2n) is 4.66. The van der Waals surface area contributed by atoms with Gasteiger partial charge in [0.15, 0.2) is 0 Å². The van der Waals surface area contributed by atoms with Gasteiger partial charge in [-0.1, -0.05) is 34.1 Å². The number of nitrogens with zero attached hydrogens (tertiary/aromatic N) is 2. The maximum atomic E-state index is 12.5. The lowest BCUT2D eigenvalue weighted by Crippen LogP contribution is -2.23. The Morgan fingerprint density at radius 1 is 1.14 bits per heavy atom. The Morgan fingerprint density at radius 2 is 1.90 bits per heavy atom. The molecular weight excluding hydrogens is 332 g/mol. The van der Waals surface area contributed by atoms with Crippen molar-refractivity contribution in [3.63, 3.8) is 0 Å². The van der Waals surface area contributed by atoms with Crippen LogP contribution in [0.1, 0.15) is 5.56 Å². The van der Waals surface area contributed by atoms with Crippen LogP contribution < -0.4 is 10.3 Å². The summed E-state index contributed by atoms with van der Waals surface area (Å²) in [5, 5.41) is 5.74. The van der Waals surface area contributed by atoms with Crippen molar-refractivity contribution in [3.05, 3.63) is 69.1 Å². The highest BCUT2D eigenvalue weighted by molar-refractivity contribution is 9.10. The molecule has 0 saturated carbocycles. The molecule has 0 aliphatic heterocycles. The van der Waals surface area contributed by atoms with Gasteiger partial charge in [-0.05, 0) is 29.8 Å². The van der Waals surface area contributed by atoms with Gasteiger partial charge in [0, 0.05) is 9.86 Å². The number of fused-ring (bicyclic) bond motifs is 1. The molecule has 0 aliphatic rings. The van der Waals surface area contributed by atoms with E-state index in [-0.39, 0.29) is 5.56 Å². The smallest absolute Gasteiger partial charge is 0.274 e.